The smallest absolute Gasteiger partial charge is 0.224 e. The molecule has 0 bridgehead atoms. The minimum atomic E-state index is 0.0164. The van der Waals surface area contributed by atoms with Crippen LogP contribution in [0.5, 0.6) is 11.5 Å². The number of para-hydroxylation sites is 1. The summed E-state index contributed by atoms with van der Waals surface area (Å²) in [4.78, 5) is 18.0. The fourth-order valence-electron chi connectivity index (χ4n) is 2.74. The summed E-state index contributed by atoms with van der Waals surface area (Å²) in [6, 6.07) is 13.6. The highest BCUT2D eigenvalue weighted by atomic mass is 32.1. The van der Waals surface area contributed by atoms with Gasteiger partial charge in [-0.3, -0.25) is 4.79 Å². The number of hydrogen-bond donors (Lipinski definition) is 0. The van der Waals surface area contributed by atoms with Gasteiger partial charge in [0.2, 0.25) is 5.91 Å². The number of ether oxygens (including phenoxy) is 2. The molecule has 122 valence electrons. The molecule has 1 aliphatic rings. The second-order valence-electron chi connectivity index (χ2n) is 5.51. The Kier molecular flexibility index (Phi) is 3.82. The zero-order valence-electron chi connectivity index (χ0n) is 13.2. The van der Waals surface area contributed by atoms with E-state index in [0.29, 0.717) is 31.3 Å². The minimum absolute atomic E-state index is 0.0164. The molecule has 1 amide bonds. The topological polar surface area (TPSA) is 51.7 Å². The fourth-order valence-corrected chi connectivity index (χ4v) is 3.62. The maximum absolute atomic E-state index is 11.7. The SMILES string of the molecule is CC(=O)N1CCOc2cc(OCc3nc4ccccc4s3)ccc21. The summed E-state index contributed by atoms with van der Waals surface area (Å²) >= 11 is 1.63. The van der Waals surface area contributed by atoms with Crippen LogP contribution in [0.15, 0.2) is 42.5 Å². The zero-order chi connectivity index (χ0) is 16.5. The Morgan fingerprint density at radius 2 is 2.21 bits per heavy atom. The minimum Gasteiger partial charge on any atom is -0.489 e. The van der Waals surface area contributed by atoms with Gasteiger partial charge < -0.3 is 14.4 Å². The highest BCUT2D eigenvalue weighted by Gasteiger charge is 2.21. The number of hydrogen-bond acceptors (Lipinski definition) is 5. The molecule has 24 heavy (non-hydrogen) atoms. The van der Waals surface area contributed by atoms with Gasteiger partial charge in [0.1, 0.15) is 29.7 Å². The summed E-state index contributed by atoms with van der Waals surface area (Å²) in [6.45, 7) is 3.04. The Hall–Kier alpha value is -2.60. The molecule has 0 aliphatic carbocycles. The number of aromatic nitrogens is 1. The second-order valence-corrected chi connectivity index (χ2v) is 6.63. The summed E-state index contributed by atoms with van der Waals surface area (Å²) in [5, 5.41) is 0.931. The first-order valence-corrected chi connectivity index (χ1v) is 8.54. The van der Waals surface area contributed by atoms with Crippen molar-refractivity contribution in [2.75, 3.05) is 18.1 Å². The lowest BCUT2D eigenvalue weighted by Gasteiger charge is -2.28. The van der Waals surface area contributed by atoms with Crippen molar-refractivity contribution in [1.29, 1.82) is 0 Å². The third-order valence-electron chi connectivity index (χ3n) is 3.88. The fraction of sp³-hybridized carbons (Fsp3) is 0.222. The third kappa shape index (κ3) is 2.80. The molecule has 0 radical (unpaired) electrons. The predicted octanol–water partition coefficient (Wildman–Crippen LogP) is 3.62. The largest absolute Gasteiger partial charge is 0.489 e. The number of benzene rings is 2. The molecule has 0 fully saturated rings. The van der Waals surface area contributed by atoms with Gasteiger partial charge in [-0.1, -0.05) is 12.1 Å². The molecular weight excluding hydrogens is 324 g/mol. The molecular formula is C18H16N2O3S. The van der Waals surface area contributed by atoms with Gasteiger partial charge in [-0.25, -0.2) is 4.98 Å². The lowest BCUT2D eigenvalue weighted by molar-refractivity contribution is -0.116. The summed E-state index contributed by atoms with van der Waals surface area (Å²) < 4.78 is 12.7. The molecule has 3 aromatic rings. The molecule has 4 rings (SSSR count). The lowest BCUT2D eigenvalue weighted by atomic mass is 10.2. The molecule has 0 unspecified atom stereocenters. The van der Waals surface area contributed by atoms with Crippen molar-refractivity contribution < 1.29 is 14.3 Å². The Bertz CT molecular complexity index is 873. The highest BCUT2D eigenvalue weighted by molar-refractivity contribution is 7.18. The number of anilines is 1. The maximum atomic E-state index is 11.7. The Morgan fingerprint density at radius 1 is 1.33 bits per heavy atom. The van der Waals surface area contributed by atoms with Crippen LogP contribution in [0.3, 0.4) is 0 Å². The predicted molar refractivity (Wildman–Crippen MR) is 93.9 cm³/mol. The zero-order valence-corrected chi connectivity index (χ0v) is 14.0. The van der Waals surface area contributed by atoms with E-state index in [2.05, 4.69) is 11.1 Å². The molecule has 0 saturated carbocycles. The van der Waals surface area contributed by atoms with Crippen LogP contribution < -0.4 is 14.4 Å². The van der Waals surface area contributed by atoms with Crippen LogP contribution in [0.2, 0.25) is 0 Å². The molecule has 0 spiro atoms. The van der Waals surface area contributed by atoms with Gasteiger partial charge in [0.05, 0.1) is 22.4 Å². The summed E-state index contributed by atoms with van der Waals surface area (Å²) in [7, 11) is 0. The van der Waals surface area contributed by atoms with Crippen molar-refractivity contribution in [3.63, 3.8) is 0 Å². The van der Waals surface area contributed by atoms with Crippen molar-refractivity contribution in [1.82, 2.24) is 4.98 Å². The van der Waals surface area contributed by atoms with Crippen LogP contribution in [-0.4, -0.2) is 24.0 Å². The molecule has 1 aliphatic heterocycles. The van der Waals surface area contributed by atoms with Crippen molar-refractivity contribution >= 4 is 33.1 Å². The van der Waals surface area contributed by atoms with Gasteiger partial charge in [-0.15, -0.1) is 11.3 Å². The van der Waals surface area contributed by atoms with Crippen molar-refractivity contribution in [3.05, 3.63) is 47.5 Å². The average Bonchev–Trinajstić information content (AvgIpc) is 3.02. The molecule has 0 saturated heterocycles. The molecule has 0 atom stereocenters. The van der Waals surface area contributed by atoms with E-state index < -0.39 is 0 Å². The number of carbonyl (C=O) groups is 1. The first-order valence-electron chi connectivity index (χ1n) is 7.73. The van der Waals surface area contributed by atoms with Gasteiger partial charge in [-0.05, 0) is 24.3 Å². The molecule has 2 heterocycles. The van der Waals surface area contributed by atoms with Crippen LogP contribution in [0.4, 0.5) is 5.69 Å². The average molecular weight is 340 g/mol. The number of carbonyl (C=O) groups excluding carboxylic acids is 1. The van der Waals surface area contributed by atoms with E-state index in [4.69, 9.17) is 9.47 Å². The first-order chi connectivity index (χ1) is 11.7. The van der Waals surface area contributed by atoms with Crippen molar-refractivity contribution in [2.45, 2.75) is 13.5 Å². The monoisotopic (exact) mass is 340 g/mol. The Labute approximate surface area is 143 Å². The molecule has 5 nitrogen and oxygen atoms in total. The number of rotatable bonds is 3. The van der Waals surface area contributed by atoms with Crippen molar-refractivity contribution in [3.8, 4) is 11.5 Å². The first kappa shape index (κ1) is 15.0. The summed E-state index contributed by atoms with van der Waals surface area (Å²) in [5.74, 6) is 1.40. The number of fused-ring (bicyclic) bond motifs is 2. The number of thiazole rings is 1. The van der Waals surface area contributed by atoms with E-state index >= 15 is 0 Å². The molecule has 6 heteroatoms. The van der Waals surface area contributed by atoms with Crippen LogP contribution in [0, 0.1) is 0 Å². The van der Waals surface area contributed by atoms with Crippen LogP contribution >= 0.6 is 11.3 Å². The van der Waals surface area contributed by atoms with E-state index in [1.807, 2.05) is 36.4 Å². The van der Waals surface area contributed by atoms with Crippen molar-refractivity contribution in [2.24, 2.45) is 0 Å². The van der Waals surface area contributed by atoms with E-state index in [0.717, 1.165) is 20.9 Å². The van der Waals surface area contributed by atoms with E-state index in [1.54, 1.807) is 23.2 Å². The quantitative estimate of drug-likeness (QED) is 0.731. The van der Waals surface area contributed by atoms with Gasteiger partial charge in [0.25, 0.3) is 0 Å². The van der Waals surface area contributed by atoms with Gasteiger partial charge in [0, 0.05) is 13.0 Å². The normalized spacial score (nSPS) is 13.5. The third-order valence-corrected chi connectivity index (χ3v) is 4.89. The second kappa shape index (κ2) is 6.13. The molecule has 0 N–H and O–H groups in total. The maximum Gasteiger partial charge on any atom is 0.224 e. The Balaban J connectivity index is 1.52. The van der Waals surface area contributed by atoms with E-state index in [-0.39, 0.29) is 5.91 Å². The Morgan fingerprint density at radius 3 is 3.04 bits per heavy atom. The van der Waals surface area contributed by atoms with Crippen LogP contribution in [0.25, 0.3) is 10.2 Å². The van der Waals surface area contributed by atoms with Gasteiger partial charge in [-0.2, -0.15) is 0 Å². The van der Waals surface area contributed by atoms with Gasteiger partial charge in [0.15, 0.2) is 0 Å². The molecule has 2 aromatic carbocycles. The standard InChI is InChI=1S/C18H16N2O3S/c1-12(21)20-8-9-22-16-10-13(6-7-15(16)20)23-11-18-19-14-4-2-3-5-17(14)24-18/h2-7,10H,8-9,11H2,1H3. The van der Waals surface area contributed by atoms with E-state index in [1.165, 1.54) is 0 Å². The lowest BCUT2D eigenvalue weighted by Crippen LogP contribution is -2.36. The van der Waals surface area contributed by atoms with Crippen LogP contribution in [0.1, 0.15) is 11.9 Å². The number of nitrogens with zero attached hydrogens (tertiary/aromatic N) is 2. The van der Waals surface area contributed by atoms with E-state index in [9.17, 15) is 4.79 Å². The molecule has 1 aromatic heterocycles. The number of amides is 1. The van der Waals surface area contributed by atoms with Gasteiger partial charge >= 0.3 is 0 Å². The van der Waals surface area contributed by atoms with Crippen LogP contribution in [-0.2, 0) is 11.4 Å². The highest BCUT2D eigenvalue weighted by Crippen LogP contribution is 2.35. The summed E-state index contributed by atoms with van der Waals surface area (Å²) in [6.07, 6.45) is 0. The summed E-state index contributed by atoms with van der Waals surface area (Å²) in [5.41, 5.74) is 1.79.